The van der Waals surface area contributed by atoms with E-state index >= 15 is 0 Å². The van der Waals surface area contributed by atoms with Crippen molar-refractivity contribution in [3.05, 3.63) is 113 Å². The number of carbonyl (C=O) groups is 2. The van der Waals surface area contributed by atoms with Crippen molar-refractivity contribution in [2.24, 2.45) is 11.5 Å². The number of amidine groups is 1. The maximum Gasteiger partial charge on any atom is 0.252 e. The summed E-state index contributed by atoms with van der Waals surface area (Å²) in [6.45, 7) is 1.06. The van der Waals surface area contributed by atoms with Crippen molar-refractivity contribution in [2.75, 3.05) is 25.5 Å². The Morgan fingerprint density at radius 3 is 2.22 bits per heavy atom. The zero-order chi connectivity index (χ0) is 32.4. The summed E-state index contributed by atoms with van der Waals surface area (Å²) in [5.74, 6) is -0.0313. The highest BCUT2D eigenvalue weighted by Crippen LogP contribution is 2.28. The molecule has 2 heterocycles. The number of amides is 2. The Morgan fingerprint density at radius 1 is 0.911 bits per heavy atom. The van der Waals surface area contributed by atoms with Crippen LogP contribution in [0.25, 0.3) is 0 Å². The van der Waals surface area contributed by atoms with Gasteiger partial charge < -0.3 is 26.8 Å². The van der Waals surface area contributed by atoms with Crippen molar-refractivity contribution in [3.8, 4) is 5.75 Å². The van der Waals surface area contributed by atoms with E-state index in [2.05, 4.69) is 10.6 Å². The second-order valence-electron chi connectivity index (χ2n) is 10.2. The molecule has 45 heavy (non-hydrogen) atoms. The molecule has 2 amide bonds. The van der Waals surface area contributed by atoms with Gasteiger partial charge in [0, 0.05) is 46.4 Å². The zero-order valence-corrected chi connectivity index (χ0v) is 26.4. The molecule has 0 radical (unpaired) electrons. The third-order valence-corrected chi connectivity index (χ3v) is 10.5. The Balaban J connectivity index is 0.000000440. The molecule has 1 aliphatic rings. The van der Waals surface area contributed by atoms with Gasteiger partial charge in [0.05, 0.1) is 13.7 Å². The molecule has 1 aliphatic heterocycles. The normalized spacial score (nSPS) is 13.6. The Bertz CT molecular complexity index is 1740. The number of nitrogen functional groups attached to an aromatic ring is 1. The molecule has 0 spiro atoms. The highest BCUT2D eigenvalue weighted by molar-refractivity contribution is 7.91. The number of anilines is 1. The Morgan fingerprint density at radius 2 is 1.58 bits per heavy atom. The molecule has 0 aliphatic carbocycles. The molecule has 3 aromatic carbocycles. The van der Waals surface area contributed by atoms with Crippen molar-refractivity contribution >= 4 is 44.7 Å². The third kappa shape index (κ3) is 9.14. The predicted molar refractivity (Wildman–Crippen MR) is 176 cm³/mol. The molecule has 236 valence electrons. The number of carbonyl (C=O) groups excluding carboxylic acids is 2. The number of nitrogens with two attached hydrogens (primary N) is 2. The Labute approximate surface area is 266 Å². The molecule has 0 saturated carbocycles. The average Bonchev–Trinajstić information content (AvgIpc) is 3.55. The number of rotatable bonds is 10. The first-order valence-corrected chi connectivity index (χ1v) is 16.4. The lowest BCUT2D eigenvalue weighted by Gasteiger charge is -2.31. The molecule has 13 heteroatoms. The number of nitrogens with one attached hydrogen (secondary N) is 3. The van der Waals surface area contributed by atoms with E-state index in [0.717, 1.165) is 10.6 Å². The van der Waals surface area contributed by atoms with Crippen LogP contribution in [-0.2, 0) is 16.6 Å². The van der Waals surface area contributed by atoms with Crippen LogP contribution in [0.1, 0.15) is 44.0 Å². The fraction of sp³-hybridized carbons (Fsp3) is 0.219. The van der Waals surface area contributed by atoms with Crippen LogP contribution in [0.5, 0.6) is 5.75 Å². The lowest BCUT2D eigenvalue weighted by molar-refractivity contribution is 0.0949. The SMILES string of the molecule is COc1cccc(C(=O)NCc2ccc(S(=O)(=O)N3CCC(Nc4cccc(C(=N)N)c4)CC3)s2)c1.NC(=O)c1ccccc1. The van der Waals surface area contributed by atoms with Gasteiger partial charge in [-0.3, -0.25) is 15.0 Å². The first-order valence-electron chi connectivity index (χ1n) is 14.1. The monoisotopic (exact) mass is 648 g/mol. The molecule has 1 fully saturated rings. The van der Waals surface area contributed by atoms with Gasteiger partial charge in [-0.25, -0.2) is 8.42 Å². The quantitative estimate of drug-likeness (QED) is 0.127. The van der Waals surface area contributed by atoms with E-state index in [-0.39, 0.29) is 34.4 Å². The number of sulfonamides is 1. The number of methoxy groups -OCH3 is 1. The summed E-state index contributed by atoms with van der Waals surface area (Å²) in [6, 6.07) is 26.4. The Hall–Kier alpha value is -4.72. The van der Waals surface area contributed by atoms with Gasteiger partial charge in [0.1, 0.15) is 15.8 Å². The van der Waals surface area contributed by atoms with Gasteiger partial charge in [-0.05, 0) is 67.4 Å². The van der Waals surface area contributed by atoms with Crippen molar-refractivity contribution in [2.45, 2.75) is 29.6 Å². The second-order valence-corrected chi connectivity index (χ2v) is 13.5. The summed E-state index contributed by atoms with van der Waals surface area (Å²) in [6.07, 6.45) is 1.33. The van der Waals surface area contributed by atoms with E-state index in [1.807, 2.05) is 24.3 Å². The predicted octanol–water partition coefficient (Wildman–Crippen LogP) is 4.02. The molecule has 7 N–H and O–H groups in total. The minimum Gasteiger partial charge on any atom is -0.497 e. The summed E-state index contributed by atoms with van der Waals surface area (Å²) in [5, 5.41) is 13.8. The smallest absolute Gasteiger partial charge is 0.252 e. The minimum absolute atomic E-state index is 0.00902. The zero-order valence-electron chi connectivity index (χ0n) is 24.7. The fourth-order valence-electron chi connectivity index (χ4n) is 4.61. The van der Waals surface area contributed by atoms with Crippen molar-refractivity contribution in [3.63, 3.8) is 0 Å². The molecule has 11 nitrogen and oxygen atoms in total. The number of thiophene rings is 1. The summed E-state index contributed by atoms with van der Waals surface area (Å²) < 4.78 is 33.3. The van der Waals surface area contributed by atoms with Gasteiger partial charge >= 0.3 is 0 Å². The average molecular weight is 649 g/mol. The standard InChI is InChI=1S/C25H29N5O4S2.C7H7NO/c1-34-21-7-3-5-18(15-21)25(31)28-16-22-8-9-23(35-22)36(32,33)30-12-10-19(11-13-30)29-20-6-2-4-17(14-20)24(26)27;8-7(9)6-4-2-1-3-5-6/h2-9,14-15,19,29H,10-13,16H2,1H3,(H3,26,27)(H,28,31);1-5H,(H2,8,9). The summed E-state index contributed by atoms with van der Waals surface area (Å²) in [7, 11) is -2.07. The lowest BCUT2D eigenvalue weighted by atomic mass is 10.1. The van der Waals surface area contributed by atoms with Gasteiger partial charge in [-0.15, -0.1) is 11.3 Å². The number of ether oxygens (including phenoxy) is 1. The summed E-state index contributed by atoms with van der Waals surface area (Å²) in [5.41, 5.74) is 13.1. The number of primary amides is 1. The first kappa shape index (κ1) is 33.2. The Kier molecular flexibility index (Phi) is 11.3. The van der Waals surface area contributed by atoms with E-state index in [1.165, 1.54) is 22.8 Å². The van der Waals surface area contributed by atoms with E-state index in [9.17, 15) is 18.0 Å². The van der Waals surface area contributed by atoms with Crippen molar-refractivity contribution in [1.82, 2.24) is 9.62 Å². The van der Waals surface area contributed by atoms with Crippen LogP contribution >= 0.6 is 11.3 Å². The molecule has 4 aromatic rings. The minimum atomic E-state index is -3.60. The van der Waals surface area contributed by atoms with Gasteiger partial charge in [-0.1, -0.05) is 36.4 Å². The van der Waals surface area contributed by atoms with Gasteiger partial charge in [-0.2, -0.15) is 4.31 Å². The fourth-order valence-corrected chi connectivity index (χ4v) is 7.53. The van der Waals surface area contributed by atoms with Crippen molar-refractivity contribution < 1.29 is 22.7 Å². The first-order chi connectivity index (χ1) is 21.6. The molecular weight excluding hydrogens is 613 g/mol. The van der Waals surface area contributed by atoms with Crippen LogP contribution in [0.15, 0.2) is 95.2 Å². The van der Waals surface area contributed by atoms with Gasteiger partial charge in [0.25, 0.3) is 15.9 Å². The number of nitrogens with zero attached hydrogens (tertiary/aromatic N) is 1. The van der Waals surface area contributed by atoms with Crippen molar-refractivity contribution in [1.29, 1.82) is 5.41 Å². The van der Waals surface area contributed by atoms with E-state index in [4.69, 9.17) is 21.6 Å². The van der Waals surface area contributed by atoms with E-state index < -0.39 is 10.0 Å². The third-order valence-electron chi connectivity index (χ3n) is 7.04. The molecule has 5 rings (SSSR count). The molecule has 0 atom stereocenters. The van der Waals surface area contributed by atoms with Crippen LogP contribution in [-0.4, -0.2) is 56.6 Å². The molecule has 1 saturated heterocycles. The molecule has 1 aromatic heterocycles. The molecular formula is C32H36N6O5S2. The largest absolute Gasteiger partial charge is 0.497 e. The maximum absolute atomic E-state index is 13.2. The lowest BCUT2D eigenvalue weighted by Crippen LogP contribution is -2.42. The van der Waals surface area contributed by atoms with E-state index in [1.54, 1.807) is 66.7 Å². The number of hydrogen-bond acceptors (Lipinski definition) is 8. The van der Waals surface area contributed by atoms with E-state index in [0.29, 0.717) is 48.4 Å². The van der Waals surface area contributed by atoms with Crippen LogP contribution in [0.2, 0.25) is 0 Å². The van der Waals surface area contributed by atoms with Gasteiger partial charge in [0.15, 0.2) is 0 Å². The number of benzene rings is 3. The topological polar surface area (TPSA) is 181 Å². The number of hydrogen-bond donors (Lipinski definition) is 5. The second kappa shape index (κ2) is 15.3. The summed E-state index contributed by atoms with van der Waals surface area (Å²) >= 11 is 1.17. The number of piperidine rings is 1. The van der Waals surface area contributed by atoms with Crippen LogP contribution in [0.3, 0.4) is 0 Å². The van der Waals surface area contributed by atoms with Crippen LogP contribution < -0.4 is 26.8 Å². The van der Waals surface area contributed by atoms with Gasteiger partial charge in [0.2, 0.25) is 5.91 Å². The highest BCUT2D eigenvalue weighted by atomic mass is 32.2. The van der Waals surface area contributed by atoms with Crippen LogP contribution in [0.4, 0.5) is 5.69 Å². The summed E-state index contributed by atoms with van der Waals surface area (Å²) in [4.78, 5) is 23.6. The molecule has 0 unspecified atom stereocenters. The van der Waals surface area contributed by atoms with Crippen LogP contribution in [0, 0.1) is 5.41 Å². The highest BCUT2D eigenvalue weighted by Gasteiger charge is 2.30. The maximum atomic E-state index is 13.2. The molecule has 0 bridgehead atoms.